The first-order valence-corrected chi connectivity index (χ1v) is 5.16. The van der Waals surface area contributed by atoms with Gasteiger partial charge in [0.25, 0.3) is 0 Å². The second kappa shape index (κ2) is 4.77. The van der Waals surface area contributed by atoms with Crippen molar-refractivity contribution in [3.8, 4) is 0 Å². The lowest BCUT2D eigenvalue weighted by molar-refractivity contribution is -0.144. The third kappa shape index (κ3) is 4.95. The maximum Gasteiger partial charge on any atom is 0.303 e. The average molecular weight is 213 g/mol. The van der Waals surface area contributed by atoms with E-state index in [1.54, 1.807) is 0 Å². The lowest BCUT2D eigenvalue weighted by Gasteiger charge is -2.22. The molecule has 0 saturated carbocycles. The van der Waals surface area contributed by atoms with Crippen LogP contribution in [0.4, 0.5) is 0 Å². The Morgan fingerprint density at radius 3 is 2.60 bits per heavy atom. The molecular formula is C11H19NO3. The number of nitrogens with one attached hydrogen (secondary N) is 1. The molecule has 0 amide bonds. The van der Waals surface area contributed by atoms with Crippen LogP contribution in [0.25, 0.3) is 0 Å². The molecule has 86 valence electrons. The Bertz CT molecular complexity index is 255. The Labute approximate surface area is 90.6 Å². The summed E-state index contributed by atoms with van der Waals surface area (Å²) in [6.45, 7) is 7.34. The quantitative estimate of drug-likeness (QED) is 0.439. The van der Waals surface area contributed by atoms with E-state index in [1.165, 1.54) is 6.92 Å². The van der Waals surface area contributed by atoms with Gasteiger partial charge >= 0.3 is 5.97 Å². The molecule has 0 aromatic heterocycles. The Kier molecular flexibility index (Phi) is 3.88. The number of carbonyl (C=O) groups excluding carboxylic acids is 1. The zero-order valence-electron chi connectivity index (χ0n) is 9.74. The van der Waals surface area contributed by atoms with Gasteiger partial charge in [-0.2, -0.15) is 5.48 Å². The molecule has 0 aromatic carbocycles. The molecule has 0 radical (unpaired) electrons. The highest BCUT2D eigenvalue weighted by Crippen LogP contribution is 2.15. The summed E-state index contributed by atoms with van der Waals surface area (Å²) in [5, 5.41) is 0. The van der Waals surface area contributed by atoms with Gasteiger partial charge in [0.05, 0.1) is 11.6 Å². The van der Waals surface area contributed by atoms with E-state index in [0.29, 0.717) is 0 Å². The summed E-state index contributed by atoms with van der Waals surface area (Å²) in [7, 11) is 0. The third-order valence-electron chi connectivity index (χ3n) is 1.88. The lowest BCUT2D eigenvalue weighted by atomic mass is 10.2. The fourth-order valence-electron chi connectivity index (χ4n) is 1.31. The molecular weight excluding hydrogens is 194 g/mol. The van der Waals surface area contributed by atoms with Gasteiger partial charge in [0.1, 0.15) is 6.10 Å². The standard InChI is InChI=1S/C11H19NO3/c1-8(13)14-10-6-5-9(7-10)12-15-11(2,3)4/h5-6,9-10,12H,7H2,1-4H3/t9-,10-/m1/s1. The molecule has 1 aliphatic rings. The van der Waals surface area contributed by atoms with Gasteiger partial charge in [-0.15, -0.1) is 0 Å². The van der Waals surface area contributed by atoms with Crippen molar-refractivity contribution in [2.75, 3.05) is 0 Å². The first-order valence-electron chi connectivity index (χ1n) is 5.16. The molecule has 0 heterocycles. The number of hydrogen-bond acceptors (Lipinski definition) is 4. The molecule has 0 bridgehead atoms. The van der Waals surface area contributed by atoms with Gasteiger partial charge in [0.2, 0.25) is 0 Å². The summed E-state index contributed by atoms with van der Waals surface area (Å²) in [6.07, 6.45) is 4.45. The monoisotopic (exact) mass is 213 g/mol. The van der Waals surface area contributed by atoms with Crippen molar-refractivity contribution >= 4 is 5.97 Å². The molecule has 1 rings (SSSR count). The molecule has 0 saturated heterocycles. The second-order valence-corrected chi connectivity index (χ2v) is 4.71. The fourth-order valence-corrected chi connectivity index (χ4v) is 1.31. The second-order valence-electron chi connectivity index (χ2n) is 4.71. The summed E-state index contributed by atoms with van der Waals surface area (Å²) < 4.78 is 5.05. The molecule has 1 N–H and O–H groups in total. The summed E-state index contributed by atoms with van der Waals surface area (Å²) >= 11 is 0. The minimum atomic E-state index is -0.248. The molecule has 15 heavy (non-hydrogen) atoms. The van der Waals surface area contributed by atoms with Crippen molar-refractivity contribution in [3.63, 3.8) is 0 Å². The van der Waals surface area contributed by atoms with Crippen molar-refractivity contribution in [1.82, 2.24) is 5.48 Å². The van der Waals surface area contributed by atoms with Gasteiger partial charge in [-0.3, -0.25) is 9.63 Å². The zero-order valence-corrected chi connectivity index (χ0v) is 9.74. The lowest BCUT2D eigenvalue weighted by Crippen LogP contribution is -2.35. The molecule has 0 aliphatic heterocycles. The van der Waals surface area contributed by atoms with Crippen LogP contribution in [0.5, 0.6) is 0 Å². The van der Waals surface area contributed by atoms with Crippen LogP contribution in [0.15, 0.2) is 12.2 Å². The Balaban J connectivity index is 2.26. The van der Waals surface area contributed by atoms with E-state index in [-0.39, 0.29) is 23.7 Å². The predicted octanol–water partition coefficient (Wildman–Crippen LogP) is 1.57. The molecule has 0 fully saturated rings. The van der Waals surface area contributed by atoms with Crippen LogP contribution in [0, 0.1) is 0 Å². The fraction of sp³-hybridized carbons (Fsp3) is 0.727. The van der Waals surface area contributed by atoms with Gasteiger partial charge < -0.3 is 4.74 Å². The summed E-state index contributed by atoms with van der Waals surface area (Å²) in [4.78, 5) is 16.1. The number of hydrogen-bond donors (Lipinski definition) is 1. The molecule has 0 aromatic rings. The zero-order chi connectivity index (χ0) is 11.5. The average Bonchev–Trinajstić information content (AvgIpc) is 2.46. The number of rotatable bonds is 3. The maximum absolute atomic E-state index is 10.7. The number of ether oxygens (including phenoxy) is 1. The molecule has 4 heteroatoms. The van der Waals surface area contributed by atoms with Crippen molar-refractivity contribution in [2.24, 2.45) is 0 Å². The van der Waals surface area contributed by atoms with E-state index >= 15 is 0 Å². The van der Waals surface area contributed by atoms with Gasteiger partial charge in [0.15, 0.2) is 0 Å². The SMILES string of the molecule is CC(=O)O[C@@H]1C=C[C@@H](NOC(C)(C)C)C1. The van der Waals surface area contributed by atoms with Crippen molar-refractivity contribution in [3.05, 3.63) is 12.2 Å². The van der Waals surface area contributed by atoms with Crippen LogP contribution < -0.4 is 5.48 Å². The van der Waals surface area contributed by atoms with Gasteiger partial charge in [0, 0.05) is 13.3 Å². The normalized spacial score (nSPS) is 25.6. The Hall–Kier alpha value is -0.870. The van der Waals surface area contributed by atoms with E-state index in [0.717, 1.165) is 6.42 Å². The highest BCUT2D eigenvalue weighted by atomic mass is 16.7. The first-order chi connectivity index (χ1) is 6.87. The smallest absolute Gasteiger partial charge is 0.303 e. The van der Waals surface area contributed by atoms with Crippen molar-refractivity contribution in [2.45, 2.75) is 51.9 Å². The number of esters is 1. The van der Waals surface area contributed by atoms with Crippen LogP contribution in [0.1, 0.15) is 34.1 Å². The van der Waals surface area contributed by atoms with E-state index in [4.69, 9.17) is 9.57 Å². The van der Waals surface area contributed by atoms with Crippen LogP contribution in [0.2, 0.25) is 0 Å². The molecule has 1 aliphatic carbocycles. The van der Waals surface area contributed by atoms with Crippen molar-refractivity contribution < 1.29 is 14.4 Å². The van der Waals surface area contributed by atoms with E-state index < -0.39 is 0 Å². The first kappa shape index (κ1) is 12.2. The minimum absolute atomic E-state index is 0.119. The van der Waals surface area contributed by atoms with Crippen LogP contribution >= 0.6 is 0 Å². The number of hydroxylamine groups is 1. The molecule has 4 nitrogen and oxygen atoms in total. The molecule has 0 spiro atoms. The van der Waals surface area contributed by atoms with Gasteiger partial charge in [-0.05, 0) is 26.8 Å². The molecule has 0 unspecified atom stereocenters. The third-order valence-corrected chi connectivity index (χ3v) is 1.88. The summed E-state index contributed by atoms with van der Waals surface area (Å²) in [5.74, 6) is -0.248. The highest BCUT2D eigenvalue weighted by Gasteiger charge is 2.22. The van der Waals surface area contributed by atoms with E-state index in [1.807, 2.05) is 32.9 Å². The highest BCUT2D eigenvalue weighted by molar-refractivity contribution is 5.66. The molecule has 2 atom stereocenters. The van der Waals surface area contributed by atoms with Crippen molar-refractivity contribution in [1.29, 1.82) is 0 Å². The summed E-state index contributed by atoms with van der Waals surface area (Å²) in [6, 6.07) is 0.119. The van der Waals surface area contributed by atoms with Crippen LogP contribution in [-0.2, 0) is 14.4 Å². The maximum atomic E-state index is 10.7. The minimum Gasteiger partial charge on any atom is -0.458 e. The largest absolute Gasteiger partial charge is 0.458 e. The predicted molar refractivity (Wildman–Crippen MR) is 57.1 cm³/mol. The summed E-state index contributed by atoms with van der Waals surface area (Å²) in [5.41, 5.74) is 2.73. The topological polar surface area (TPSA) is 47.6 Å². The van der Waals surface area contributed by atoms with E-state index in [9.17, 15) is 4.79 Å². The van der Waals surface area contributed by atoms with Gasteiger partial charge in [-0.1, -0.05) is 6.08 Å². The van der Waals surface area contributed by atoms with Crippen LogP contribution in [0.3, 0.4) is 0 Å². The number of carbonyl (C=O) groups is 1. The van der Waals surface area contributed by atoms with Crippen LogP contribution in [-0.4, -0.2) is 23.7 Å². The van der Waals surface area contributed by atoms with E-state index in [2.05, 4.69) is 5.48 Å². The van der Waals surface area contributed by atoms with Gasteiger partial charge in [-0.25, -0.2) is 0 Å². The Morgan fingerprint density at radius 1 is 1.40 bits per heavy atom. The Morgan fingerprint density at radius 2 is 2.07 bits per heavy atom.